The van der Waals surface area contributed by atoms with Crippen molar-refractivity contribution in [2.45, 2.75) is 13.8 Å². The molecule has 0 atom stereocenters. The average Bonchev–Trinajstić information content (AvgIpc) is 2.22. The Labute approximate surface area is 94.1 Å². The Morgan fingerprint density at radius 3 is 2.69 bits per heavy atom. The molecule has 0 amide bonds. The van der Waals surface area contributed by atoms with Crippen LogP contribution in [0.25, 0.3) is 0 Å². The van der Waals surface area contributed by atoms with Crippen LogP contribution in [0.15, 0.2) is 30.4 Å². The maximum absolute atomic E-state index is 11.2. The zero-order valence-corrected chi connectivity index (χ0v) is 9.32. The number of carbonyl (C=O) groups excluding carboxylic acids is 1. The summed E-state index contributed by atoms with van der Waals surface area (Å²) in [6, 6.07) is 4.48. The van der Waals surface area contributed by atoms with Crippen molar-refractivity contribution in [3.05, 3.63) is 30.4 Å². The fourth-order valence-electron chi connectivity index (χ4n) is 1.03. The molecule has 0 unspecified atom stereocenters. The lowest BCUT2D eigenvalue weighted by Gasteiger charge is -2.08. The average molecular weight is 222 g/mol. The summed E-state index contributed by atoms with van der Waals surface area (Å²) in [6.07, 6.45) is 0. The lowest BCUT2D eigenvalue weighted by Crippen LogP contribution is -2.08. The van der Waals surface area contributed by atoms with Gasteiger partial charge in [-0.3, -0.25) is 0 Å². The molecule has 0 fully saturated rings. The molecule has 0 aliphatic rings. The number of benzene rings is 1. The van der Waals surface area contributed by atoms with E-state index in [0.717, 1.165) is 0 Å². The molecular formula is C12H14O4. The van der Waals surface area contributed by atoms with E-state index in [1.165, 1.54) is 19.1 Å². The highest BCUT2D eigenvalue weighted by Gasteiger charge is 2.10. The van der Waals surface area contributed by atoms with Crippen LogP contribution in [-0.4, -0.2) is 17.7 Å². The number of hydrogen-bond donors (Lipinski definition) is 1. The topological polar surface area (TPSA) is 55.8 Å². The molecule has 1 rings (SSSR count). The summed E-state index contributed by atoms with van der Waals surface area (Å²) >= 11 is 0. The summed E-state index contributed by atoms with van der Waals surface area (Å²) in [5.74, 6) is -0.0911. The number of aromatic hydroxyl groups is 1. The summed E-state index contributed by atoms with van der Waals surface area (Å²) < 4.78 is 10.1. The minimum atomic E-state index is -0.570. The second kappa shape index (κ2) is 5.21. The molecule has 0 aromatic heterocycles. The molecular weight excluding hydrogens is 208 g/mol. The van der Waals surface area contributed by atoms with Gasteiger partial charge in [0.15, 0.2) is 11.5 Å². The second-order valence-corrected chi connectivity index (χ2v) is 3.23. The van der Waals surface area contributed by atoms with Crippen LogP contribution in [0.3, 0.4) is 0 Å². The Morgan fingerprint density at radius 2 is 2.19 bits per heavy atom. The zero-order valence-electron chi connectivity index (χ0n) is 9.32. The maximum Gasteiger partial charge on any atom is 0.338 e. The highest BCUT2D eigenvalue weighted by molar-refractivity contribution is 5.89. The van der Waals surface area contributed by atoms with Crippen molar-refractivity contribution in [1.29, 1.82) is 0 Å². The Bertz CT molecular complexity index is 409. The first-order valence-corrected chi connectivity index (χ1v) is 4.88. The fourth-order valence-corrected chi connectivity index (χ4v) is 1.03. The molecule has 4 nitrogen and oxygen atoms in total. The van der Waals surface area contributed by atoms with Gasteiger partial charge >= 0.3 is 5.97 Å². The van der Waals surface area contributed by atoms with Crippen molar-refractivity contribution in [3.63, 3.8) is 0 Å². The first-order valence-electron chi connectivity index (χ1n) is 4.88. The Hall–Kier alpha value is -1.97. The highest BCUT2D eigenvalue weighted by atomic mass is 16.5. The van der Waals surface area contributed by atoms with E-state index in [4.69, 9.17) is 9.47 Å². The zero-order chi connectivity index (χ0) is 12.1. The Balaban J connectivity index is 2.83. The fraction of sp³-hybridized carbons (Fsp3) is 0.250. The number of rotatable bonds is 4. The number of hydrogen-bond acceptors (Lipinski definition) is 4. The largest absolute Gasteiger partial charge is 0.504 e. The quantitative estimate of drug-likeness (QED) is 0.482. The van der Waals surface area contributed by atoms with E-state index in [1.54, 1.807) is 6.07 Å². The molecule has 16 heavy (non-hydrogen) atoms. The van der Waals surface area contributed by atoms with Gasteiger partial charge in [-0.15, -0.1) is 0 Å². The third kappa shape index (κ3) is 3.02. The van der Waals surface area contributed by atoms with Gasteiger partial charge in [0.1, 0.15) is 5.75 Å². The smallest absolute Gasteiger partial charge is 0.338 e. The van der Waals surface area contributed by atoms with Crippen LogP contribution in [0.1, 0.15) is 13.8 Å². The van der Waals surface area contributed by atoms with Crippen molar-refractivity contribution in [3.8, 4) is 17.2 Å². The molecule has 0 bridgehead atoms. The van der Waals surface area contributed by atoms with Gasteiger partial charge in [0.2, 0.25) is 0 Å². The number of carbonyl (C=O) groups is 1. The van der Waals surface area contributed by atoms with E-state index in [0.29, 0.717) is 12.4 Å². The van der Waals surface area contributed by atoms with E-state index in [2.05, 4.69) is 6.58 Å². The van der Waals surface area contributed by atoms with Crippen molar-refractivity contribution in [2.75, 3.05) is 6.61 Å². The van der Waals surface area contributed by atoms with Gasteiger partial charge in [-0.2, -0.15) is 0 Å². The van der Waals surface area contributed by atoms with Crippen LogP contribution in [0.5, 0.6) is 17.2 Å². The van der Waals surface area contributed by atoms with Gasteiger partial charge in [0, 0.05) is 11.6 Å². The van der Waals surface area contributed by atoms with Crippen molar-refractivity contribution in [1.82, 2.24) is 0 Å². The van der Waals surface area contributed by atoms with Crippen LogP contribution >= 0.6 is 0 Å². The Kier molecular flexibility index (Phi) is 3.94. The molecule has 0 radical (unpaired) electrons. The molecule has 1 aromatic carbocycles. The molecule has 0 heterocycles. The van der Waals surface area contributed by atoms with E-state index < -0.39 is 5.97 Å². The molecule has 1 N–H and O–H groups in total. The number of phenols is 1. The molecule has 0 saturated carbocycles. The predicted molar refractivity (Wildman–Crippen MR) is 59.7 cm³/mol. The third-order valence-electron chi connectivity index (χ3n) is 1.79. The number of ether oxygens (including phenoxy) is 2. The minimum Gasteiger partial charge on any atom is -0.504 e. The molecule has 0 aliphatic carbocycles. The standard InChI is InChI=1S/C12H14O4/c1-4-15-9-5-6-11(10(13)7-9)16-12(14)8(2)3/h5-7,13H,2,4H2,1,3H3. The van der Waals surface area contributed by atoms with Crippen molar-refractivity contribution >= 4 is 5.97 Å². The molecule has 0 aliphatic heterocycles. The SMILES string of the molecule is C=C(C)C(=O)Oc1ccc(OCC)cc1O. The third-order valence-corrected chi connectivity index (χ3v) is 1.79. The van der Waals surface area contributed by atoms with Crippen LogP contribution < -0.4 is 9.47 Å². The first kappa shape index (κ1) is 12.1. The summed E-state index contributed by atoms with van der Waals surface area (Å²) in [4.78, 5) is 11.2. The normalized spacial score (nSPS) is 9.62. The van der Waals surface area contributed by atoms with Crippen LogP contribution in [0.2, 0.25) is 0 Å². The van der Waals surface area contributed by atoms with Gasteiger partial charge in [-0.25, -0.2) is 4.79 Å². The van der Waals surface area contributed by atoms with Gasteiger partial charge in [0.05, 0.1) is 6.61 Å². The lowest BCUT2D eigenvalue weighted by atomic mass is 10.3. The molecule has 0 spiro atoms. The van der Waals surface area contributed by atoms with Gasteiger partial charge in [0.25, 0.3) is 0 Å². The molecule has 86 valence electrons. The number of esters is 1. The second-order valence-electron chi connectivity index (χ2n) is 3.23. The van der Waals surface area contributed by atoms with Crippen LogP contribution in [-0.2, 0) is 4.79 Å². The monoisotopic (exact) mass is 222 g/mol. The van der Waals surface area contributed by atoms with Gasteiger partial charge < -0.3 is 14.6 Å². The van der Waals surface area contributed by atoms with Gasteiger partial charge in [-0.05, 0) is 26.0 Å². The predicted octanol–water partition coefficient (Wildman–Crippen LogP) is 2.27. The molecule has 1 aromatic rings. The van der Waals surface area contributed by atoms with E-state index in [-0.39, 0.29) is 17.1 Å². The van der Waals surface area contributed by atoms with Crippen molar-refractivity contribution < 1.29 is 19.4 Å². The van der Waals surface area contributed by atoms with Gasteiger partial charge in [-0.1, -0.05) is 6.58 Å². The lowest BCUT2D eigenvalue weighted by molar-refractivity contribution is -0.130. The van der Waals surface area contributed by atoms with E-state index >= 15 is 0 Å². The van der Waals surface area contributed by atoms with E-state index in [9.17, 15) is 9.90 Å². The number of phenolic OH excluding ortho intramolecular Hbond substituents is 1. The summed E-state index contributed by atoms with van der Waals surface area (Å²) in [6.45, 7) is 7.33. The summed E-state index contributed by atoms with van der Waals surface area (Å²) in [5, 5.41) is 9.56. The maximum atomic E-state index is 11.2. The molecule has 4 heteroatoms. The minimum absolute atomic E-state index is 0.0939. The first-order chi connectivity index (χ1) is 7.54. The highest BCUT2D eigenvalue weighted by Crippen LogP contribution is 2.30. The Morgan fingerprint density at radius 1 is 1.50 bits per heavy atom. The van der Waals surface area contributed by atoms with Crippen LogP contribution in [0, 0.1) is 0 Å². The van der Waals surface area contributed by atoms with Crippen LogP contribution in [0.4, 0.5) is 0 Å². The molecule has 0 saturated heterocycles. The summed E-state index contributed by atoms with van der Waals surface area (Å²) in [5.41, 5.74) is 0.272. The van der Waals surface area contributed by atoms with E-state index in [1.807, 2.05) is 6.92 Å². The summed E-state index contributed by atoms with van der Waals surface area (Å²) in [7, 11) is 0. The van der Waals surface area contributed by atoms with Crippen molar-refractivity contribution in [2.24, 2.45) is 0 Å².